The number of carbonyl (C=O) groups excluding carboxylic acids is 3. The Morgan fingerprint density at radius 3 is 1.79 bits per heavy atom. The lowest BCUT2D eigenvalue weighted by molar-refractivity contribution is -0.144. The third-order valence-electron chi connectivity index (χ3n) is 4.24. The summed E-state index contributed by atoms with van der Waals surface area (Å²) in [5.41, 5.74) is 5.76. The minimum atomic E-state index is -1.63. The van der Waals surface area contributed by atoms with Gasteiger partial charge in [-0.05, 0) is 12.8 Å². The van der Waals surface area contributed by atoms with Crippen LogP contribution in [0.1, 0.15) is 27.2 Å². The number of carboxylic acid groups (broad SMARTS) is 1. The molecular weight excluding hydrogens is 376 g/mol. The van der Waals surface area contributed by atoms with Crippen molar-refractivity contribution in [1.82, 2.24) is 16.0 Å². The molecule has 0 aromatic rings. The number of hydrogen-bond acceptors (Lipinski definition) is 8. The molecule has 12 heteroatoms. The predicted molar refractivity (Wildman–Crippen MR) is 96.7 cm³/mol. The van der Waals surface area contributed by atoms with Crippen LogP contribution in [0.15, 0.2) is 0 Å². The number of hydrogen-bond donors (Lipinski definition) is 8. The van der Waals surface area contributed by atoms with Gasteiger partial charge in [-0.2, -0.15) is 0 Å². The van der Waals surface area contributed by atoms with Crippen molar-refractivity contribution < 1.29 is 39.6 Å². The van der Waals surface area contributed by atoms with Crippen LogP contribution in [0.4, 0.5) is 0 Å². The first kappa shape index (κ1) is 25.7. The van der Waals surface area contributed by atoms with E-state index in [2.05, 4.69) is 10.6 Å². The smallest absolute Gasteiger partial charge is 0.328 e. The zero-order valence-electron chi connectivity index (χ0n) is 16.1. The van der Waals surface area contributed by atoms with Crippen LogP contribution >= 0.6 is 0 Å². The van der Waals surface area contributed by atoms with Gasteiger partial charge in [-0.15, -0.1) is 0 Å². The van der Waals surface area contributed by atoms with Gasteiger partial charge in [-0.25, -0.2) is 4.79 Å². The van der Waals surface area contributed by atoms with Crippen LogP contribution < -0.4 is 21.7 Å². The summed E-state index contributed by atoms with van der Waals surface area (Å²) in [6.07, 6.45) is -0.820. The highest BCUT2D eigenvalue weighted by atomic mass is 16.4. The molecule has 0 saturated carbocycles. The fraction of sp³-hybridized carbons (Fsp3) is 0.750. The van der Waals surface area contributed by atoms with Crippen LogP contribution in [0.2, 0.25) is 0 Å². The molecule has 0 aliphatic carbocycles. The van der Waals surface area contributed by atoms with E-state index in [-0.39, 0.29) is 5.92 Å². The van der Waals surface area contributed by atoms with Crippen LogP contribution in [0.3, 0.4) is 0 Å². The summed E-state index contributed by atoms with van der Waals surface area (Å²) < 4.78 is 0. The Morgan fingerprint density at radius 2 is 1.39 bits per heavy atom. The molecule has 6 unspecified atom stereocenters. The van der Waals surface area contributed by atoms with Crippen molar-refractivity contribution in [2.75, 3.05) is 13.2 Å². The van der Waals surface area contributed by atoms with E-state index in [1.165, 1.54) is 6.92 Å². The van der Waals surface area contributed by atoms with Crippen molar-refractivity contribution in [3.05, 3.63) is 0 Å². The van der Waals surface area contributed by atoms with Crippen molar-refractivity contribution in [2.24, 2.45) is 11.7 Å². The molecule has 0 radical (unpaired) electrons. The molecule has 12 nitrogen and oxygen atoms in total. The number of aliphatic carboxylic acids is 1. The molecular formula is C16H30N4O8. The van der Waals surface area contributed by atoms with E-state index >= 15 is 0 Å². The maximum atomic E-state index is 12.3. The Morgan fingerprint density at radius 1 is 0.893 bits per heavy atom. The zero-order valence-corrected chi connectivity index (χ0v) is 16.1. The Kier molecular flexibility index (Phi) is 11.2. The normalized spacial score (nSPS) is 17.4. The number of nitrogens with one attached hydrogen (secondary N) is 3. The van der Waals surface area contributed by atoms with Crippen LogP contribution in [0, 0.1) is 5.92 Å². The van der Waals surface area contributed by atoms with Gasteiger partial charge >= 0.3 is 5.97 Å². The number of aliphatic hydroxyl groups excluding tert-OH is 3. The van der Waals surface area contributed by atoms with Gasteiger partial charge in [0.1, 0.15) is 18.1 Å². The average molecular weight is 406 g/mol. The Labute approximate surface area is 162 Å². The molecule has 28 heavy (non-hydrogen) atoms. The Hall–Kier alpha value is -2.28. The minimum absolute atomic E-state index is 0.176. The van der Waals surface area contributed by atoms with Gasteiger partial charge in [0.05, 0.1) is 25.4 Å². The molecule has 0 aromatic carbocycles. The summed E-state index contributed by atoms with van der Waals surface area (Å²) in [4.78, 5) is 47.4. The molecule has 0 spiro atoms. The average Bonchev–Trinajstić information content (AvgIpc) is 2.65. The van der Waals surface area contributed by atoms with Gasteiger partial charge in [-0.3, -0.25) is 14.4 Å². The van der Waals surface area contributed by atoms with E-state index in [9.17, 15) is 29.4 Å². The van der Waals surface area contributed by atoms with Crippen LogP contribution in [-0.4, -0.2) is 87.6 Å². The number of aliphatic hydroxyl groups is 3. The number of amides is 3. The molecule has 9 N–H and O–H groups in total. The third kappa shape index (κ3) is 7.76. The summed E-state index contributed by atoms with van der Waals surface area (Å²) in [7, 11) is 0. The molecule has 6 atom stereocenters. The van der Waals surface area contributed by atoms with Crippen molar-refractivity contribution in [3.63, 3.8) is 0 Å². The van der Waals surface area contributed by atoms with Crippen molar-refractivity contribution in [3.8, 4) is 0 Å². The highest BCUT2D eigenvalue weighted by Crippen LogP contribution is 2.05. The number of carboxylic acids is 1. The molecule has 0 rings (SSSR count). The molecule has 3 amide bonds. The molecule has 0 fully saturated rings. The van der Waals surface area contributed by atoms with E-state index in [0.29, 0.717) is 6.42 Å². The third-order valence-corrected chi connectivity index (χ3v) is 4.24. The fourth-order valence-corrected chi connectivity index (χ4v) is 2.08. The van der Waals surface area contributed by atoms with E-state index < -0.39 is 67.2 Å². The molecule has 0 aromatic heterocycles. The van der Waals surface area contributed by atoms with E-state index in [0.717, 1.165) is 0 Å². The lowest BCUT2D eigenvalue weighted by atomic mass is 9.99. The lowest BCUT2D eigenvalue weighted by Crippen LogP contribution is -2.61. The quantitative estimate of drug-likeness (QED) is 0.160. The van der Waals surface area contributed by atoms with E-state index in [1.54, 1.807) is 6.92 Å². The van der Waals surface area contributed by atoms with Gasteiger partial charge in [0.15, 0.2) is 0 Å². The number of carbonyl (C=O) groups is 4. The molecule has 0 aliphatic heterocycles. The van der Waals surface area contributed by atoms with E-state index in [4.69, 9.17) is 15.9 Å². The summed E-state index contributed by atoms with van der Waals surface area (Å²) >= 11 is 0. The lowest BCUT2D eigenvalue weighted by Gasteiger charge is -2.26. The first-order chi connectivity index (χ1) is 13.0. The zero-order chi connectivity index (χ0) is 22.0. The topological polar surface area (TPSA) is 211 Å². The molecule has 0 aliphatic rings. The van der Waals surface area contributed by atoms with Crippen molar-refractivity contribution in [2.45, 2.75) is 57.5 Å². The Balaban J connectivity index is 5.12. The molecule has 0 bridgehead atoms. The number of rotatable bonds is 12. The highest BCUT2D eigenvalue weighted by Gasteiger charge is 2.32. The SMILES string of the molecule is CCC(C)C(N)C(=O)NC(CO)C(=O)NC(C(=O)NC(CO)C(=O)O)C(C)O. The summed E-state index contributed by atoms with van der Waals surface area (Å²) in [5, 5.41) is 43.3. The second-order valence-electron chi connectivity index (χ2n) is 6.46. The largest absolute Gasteiger partial charge is 0.480 e. The standard InChI is InChI=1S/C16H30N4O8/c1-4-7(2)11(17)14(25)18-9(5-21)13(24)20-12(8(3)23)15(26)19-10(6-22)16(27)28/h7-12,21-23H,4-6,17H2,1-3H3,(H,18,25)(H,19,26)(H,20,24)(H,27,28). The van der Waals surface area contributed by atoms with Gasteiger partial charge in [-0.1, -0.05) is 20.3 Å². The van der Waals surface area contributed by atoms with Gasteiger partial charge in [0, 0.05) is 0 Å². The van der Waals surface area contributed by atoms with Crippen molar-refractivity contribution in [1.29, 1.82) is 0 Å². The first-order valence-electron chi connectivity index (χ1n) is 8.79. The molecule has 0 saturated heterocycles. The summed E-state index contributed by atoms with van der Waals surface area (Å²) in [6.45, 7) is 3.05. The highest BCUT2D eigenvalue weighted by molar-refractivity contribution is 5.94. The summed E-state index contributed by atoms with van der Waals surface area (Å²) in [5.74, 6) is -4.41. The summed E-state index contributed by atoms with van der Waals surface area (Å²) in [6, 6.07) is -5.57. The second kappa shape index (κ2) is 12.2. The fourth-order valence-electron chi connectivity index (χ4n) is 2.08. The first-order valence-corrected chi connectivity index (χ1v) is 8.79. The molecule has 162 valence electrons. The predicted octanol–water partition coefficient (Wildman–Crippen LogP) is -3.74. The van der Waals surface area contributed by atoms with Crippen molar-refractivity contribution >= 4 is 23.7 Å². The van der Waals surface area contributed by atoms with E-state index in [1.807, 2.05) is 12.2 Å². The van der Waals surface area contributed by atoms with Gasteiger partial charge in [0.2, 0.25) is 17.7 Å². The monoisotopic (exact) mass is 406 g/mol. The Bertz CT molecular complexity index is 557. The van der Waals surface area contributed by atoms with Crippen LogP contribution in [0.25, 0.3) is 0 Å². The minimum Gasteiger partial charge on any atom is -0.480 e. The van der Waals surface area contributed by atoms with Crippen LogP contribution in [0.5, 0.6) is 0 Å². The molecule has 0 heterocycles. The number of nitrogens with two attached hydrogens (primary N) is 1. The maximum absolute atomic E-state index is 12.3. The van der Waals surface area contributed by atoms with Gasteiger partial charge in [0.25, 0.3) is 0 Å². The van der Waals surface area contributed by atoms with Gasteiger partial charge < -0.3 is 42.1 Å². The second-order valence-corrected chi connectivity index (χ2v) is 6.46. The van der Waals surface area contributed by atoms with Crippen LogP contribution in [-0.2, 0) is 19.2 Å². The maximum Gasteiger partial charge on any atom is 0.328 e.